The quantitative estimate of drug-likeness (QED) is 0.784. The number of rotatable bonds is 3. The molecule has 102 valence electrons. The van der Waals surface area contributed by atoms with Gasteiger partial charge in [0.1, 0.15) is 5.75 Å². The third-order valence-electron chi connectivity index (χ3n) is 3.58. The number of Topliss-reactive ketones (excluding diaryl/α,β-unsaturated/α-hetero) is 1. The summed E-state index contributed by atoms with van der Waals surface area (Å²) in [4.78, 5) is 25.8. The van der Waals surface area contributed by atoms with E-state index >= 15 is 0 Å². The van der Waals surface area contributed by atoms with Gasteiger partial charge in [0.05, 0.1) is 18.7 Å². The standard InChI is InChI=1S/C15H19NO3/c1-10-6-7-14(19-3)12(9-10)15(18)13-5-4-8-16(13)11(2)17/h6-7,9,13H,4-5,8H2,1-3H3. The second-order valence-corrected chi connectivity index (χ2v) is 4.94. The highest BCUT2D eigenvalue weighted by atomic mass is 16.5. The Morgan fingerprint density at radius 3 is 2.74 bits per heavy atom. The molecule has 0 saturated carbocycles. The van der Waals surface area contributed by atoms with Crippen molar-refractivity contribution in [1.29, 1.82) is 0 Å². The number of methoxy groups -OCH3 is 1. The molecule has 0 aliphatic carbocycles. The Labute approximate surface area is 113 Å². The van der Waals surface area contributed by atoms with Gasteiger partial charge in [0.15, 0.2) is 5.78 Å². The first-order valence-electron chi connectivity index (χ1n) is 6.50. The van der Waals surface area contributed by atoms with E-state index in [0.717, 1.165) is 18.4 Å². The topological polar surface area (TPSA) is 46.6 Å². The second kappa shape index (κ2) is 5.43. The maximum absolute atomic E-state index is 12.6. The normalized spacial score (nSPS) is 18.5. The molecule has 1 aliphatic rings. The molecule has 4 heteroatoms. The molecule has 1 unspecified atom stereocenters. The molecule has 4 nitrogen and oxygen atoms in total. The number of aryl methyl sites for hydroxylation is 1. The van der Waals surface area contributed by atoms with E-state index < -0.39 is 0 Å². The van der Waals surface area contributed by atoms with Crippen molar-refractivity contribution in [3.63, 3.8) is 0 Å². The zero-order chi connectivity index (χ0) is 14.0. The van der Waals surface area contributed by atoms with Crippen LogP contribution in [0.15, 0.2) is 18.2 Å². The van der Waals surface area contributed by atoms with Crippen LogP contribution in [-0.4, -0.2) is 36.3 Å². The van der Waals surface area contributed by atoms with E-state index in [0.29, 0.717) is 17.9 Å². The van der Waals surface area contributed by atoms with Crippen LogP contribution in [-0.2, 0) is 4.79 Å². The van der Waals surface area contributed by atoms with E-state index in [9.17, 15) is 9.59 Å². The minimum Gasteiger partial charge on any atom is -0.496 e. The maximum atomic E-state index is 12.6. The van der Waals surface area contributed by atoms with Crippen molar-refractivity contribution in [2.24, 2.45) is 0 Å². The monoisotopic (exact) mass is 261 g/mol. The molecule has 1 fully saturated rings. The number of amides is 1. The van der Waals surface area contributed by atoms with Gasteiger partial charge in [-0.25, -0.2) is 0 Å². The summed E-state index contributed by atoms with van der Waals surface area (Å²) in [6.45, 7) is 4.12. The first-order chi connectivity index (χ1) is 9.04. The van der Waals surface area contributed by atoms with Crippen LogP contribution >= 0.6 is 0 Å². The van der Waals surface area contributed by atoms with Crippen LogP contribution < -0.4 is 4.74 Å². The van der Waals surface area contributed by atoms with Crippen molar-refractivity contribution in [3.05, 3.63) is 29.3 Å². The van der Waals surface area contributed by atoms with Gasteiger partial charge >= 0.3 is 0 Å². The highest BCUT2D eigenvalue weighted by Crippen LogP contribution is 2.27. The van der Waals surface area contributed by atoms with E-state index in [1.165, 1.54) is 6.92 Å². The predicted octanol–water partition coefficient (Wildman–Crippen LogP) is 2.20. The fourth-order valence-corrected chi connectivity index (χ4v) is 2.61. The van der Waals surface area contributed by atoms with Gasteiger partial charge in [-0.05, 0) is 31.9 Å². The van der Waals surface area contributed by atoms with Crippen molar-refractivity contribution in [2.75, 3.05) is 13.7 Å². The Balaban J connectivity index is 2.33. The van der Waals surface area contributed by atoms with Crippen LogP contribution in [0, 0.1) is 6.92 Å². The molecule has 1 aliphatic heterocycles. The lowest BCUT2D eigenvalue weighted by molar-refractivity contribution is -0.128. The third kappa shape index (κ3) is 2.62. The lowest BCUT2D eigenvalue weighted by Crippen LogP contribution is -2.39. The Morgan fingerprint density at radius 1 is 1.37 bits per heavy atom. The molecule has 1 aromatic rings. The third-order valence-corrected chi connectivity index (χ3v) is 3.58. The predicted molar refractivity (Wildman–Crippen MR) is 72.5 cm³/mol. The highest BCUT2D eigenvalue weighted by Gasteiger charge is 2.34. The van der Waals surface area contributed by atoms with E-state index in [1.54, 1.807) is 18.1 Å². The fraction of sp³-hybridized carbons (Fsp3) is 0.467. The Kier molecular flexibility index (Phi) is 3.88. The highest BCUT2D eigenvalue weighted by molar-refractivity contribution is 6.04. The van der Waals surface area contributed by atoms with Gasteiger partial charge in [-0.2, -0.15) is 0 Å². The molecule has 0 aromatic heterocycles. The number of benzene rings is 1. The molecule has 2 rings (SSSR count). The van der Waals surface area contributed by atoms with Crippen LogP contribution in [0.1, 0.15) is 35.7 Å². The summed E-state index contributed by atoms with van der Waals surface area (Å²) in [6.07, 6.45) is 1.61. The Hall–Kier alpha value is -1.84. The molecule has 1 saturated heterocycles. The van der Waals surface area contributed by atoms with Crippen molar-refractivity contribution in [1.82, 2.24) is 4.90 Å². The largest absolute Gasteiger partial charge is 0.496 e. The SMILES string of the molecule is COc1ccc(C)cc1C(=O)C1CCCN1C(C)=O. The summed E-state index contributed by atoms with van der Waals surface area (Å²) >= 11 is 0. The summed E-state index contributed by atoms with van der Waals surface area (Å²) in [6, 6.07) is 5.20. The number of hydrogen-bond acceptors (Lipinski definition) is 3. The molecule has 0 radical (unpaired) electrons. The Morgan fingerprint density at radius 2 is 2.11 bits per heavy atom. The molecular weight excluding hydrogens is 242 g/mol. The van der Waals surface area contributed by atoms with Crippen LogP contribution in [0.5, 0.6) is 5.75 Å². The lowest BCUT2D eigenvalue weighted by atomic mass is 9.99. The smallest absolute Gasteiger partial charge is 0.220 e. The first-order valence-corrected chi connectivity index (χ1v) is 6.50. The lowest BCUT2D eigenvalue weighted by Gasteiger charge is -2.23. The van der Waals surface area contributed by atoms with Gasteiger partial charge in [0.25, 0.3) is 0 Å². The average molecular weight is 261 g/mol. The van der Waals surface area contributed by atoms with Crippen LogP contribution in [0.2, 0.25) is 0 Å². The summed E-state index contributed by atoms with van der Waals surface area (Å²) in [7, 11) is 1.55. The van der Waals surface area contributed by atoms with Crippen molar-refractivity contribution in [2.45, 2.75) is 32.7 Å². The summed E-state index contributed by atoms with van der Waals surface area (Å²) < 4.78 is 5.25. The van der Waals surface area contributed by atoms with Gasteiger partial charge < -0.3 is 9.64 Å². The molecule has 1 aromatic carbocycles. The molecule has 1 amide bonds. The average Bonchev–Trinajstić information content (AvgIpc) is 2.87. The number of likely N-dealkylation sites (tertiary alicyclic amines) is 1. The first kappa shape index (κ1) is 13.6. The minimum atomic E-state index is -0.340. The molecule has 0 bridgehead atoms. The van der Waals surface area contributed by atoms with E-state index in [1.807, 2.05) is 19.1 Å². The van der Waals surface area contributed by atoms with Crippen LogP contribution in [0.4, 0.5) is 0 Å². The summed E-state index contributed by atoms with van der Waals surface area (Å²) in [5, 5.41) is 0. The number of ether oxygens (including phenoxy) is 1. The summed E-state index contributed by atoms with van der Waals surface area (Å²) in [5.74, 6) is 0.515. The number of nitrogens with zero attached hydrogens (tertiary/aromatic N) is 1. The molecule has 0 N–H and O–H groups in total. The van der Waals surface area contributed by atoms with E-state index in [-0.39, 0.29) is 17.7 Å². The number of hydrogen-bond donors (Lipinski definition) is 0. The Bertz CT molecular complexity index is 510. The van der Waals surface area contributed by atoms with E-state index in [4.69, 9.17) is 4.74 Å². The minimum absolute atomic E-state index is 0.0201. The zero-order valence-corrected chi connectivity index (χ0v) is 11.6. The van der Waals surface area contributed by atoms with E-state index in [2.05, 4.69) is 0 Å². The number of carbonyl (C=O) groups excluding carboxylic acids is 2. The van der Waals surface area contributed by atoms with Crippen molar-refractivity contribution < 1.29 is 14.3 Å². The molecule has 19 heavy (non-hydrogen) atoms. The van der Waals surface area contributed by atoms with Crippen LogP contribution in [0.3, 0.4) is 0 Å². The second-order valence-electron chi connectivity index (χ2n) is 4.94. The molecule has 0 spiro atoms. The number of carbonyl (C=O) groups is 2. The zero-order valence-electron chi connectivity index (χ0n) is 11.6. The molecular formula is C15H19NO3. The molecule has 1 heterocycles. The maximum Gasteiger partial charge on any atom is 0.220 e. The molecule has 1 atom stereocenters. The fourth-order valence-electron chi connectivity index (χ4n) is 2.61. The summed E-state index contributed by atoms with van der Waals surface area (Å²) in [5.41, 5.74) is 1.58. The van der Waals surface area contributed by atoms with Crippen molar-refractivity contribution >= 4 is 11.7 Å². The van der Waals surface area contributed by atoms with Crippen molar-refractivity contribution in [3.8, 4) is 5.75 Å². The van der Waals surface area contributed by atoms with Crippen LogP contribution in [0.25, 0.3) is 0 Å². The van der Waals surface area contributed by atoms with Gasteiger partial charge in [0, 0.05) is 13.5 Å². The number of ketones is 1. The van der Waals surface area contributed by atoms with Gasteiger partial charge in [0.2, 0.25) is 5.91 Å². The van der Waals surface area contributed by atoms with Gasteiger partial charge in [-0.1, -0.05) is 11.6 Å². The van der Waals surface area contributed by atoms with Gasteiger partial charge in [-0.3, -0.25) is 9.59 Å². The van der Waals surface area contributed by atoms with Gasteiger partial charge in [-0.15, -0.1) is 0 Å².